The number of hydrogen-bond donors (Lipinski definition) is 1. The summed E-state index contributed by atoms with van der Waals surface area (Å²) in [4.78, 5) is 23.3. The Kier molecular flexibility index (Phi) is 5.76. The van der Waals surface area contributed by atoms with Crippen LogP contribution < -0.4 is 5.32 Å². The van der Waals surface area contributed by atoms with Crippen LogP contribution in [0.3, 0.4) is 0 Å². The lowest BCUT2D eigenvalue weighted by Gasteiger charge is -2.46. The fraction of sp³-hybridized carbons (Fsp3) is 0.857. The van der Waals surface area contributed by atoms with Crippen LogP contribution in [0.2, 0.25) is 13.1 Å². The van der Waals surface area contributed by atoms with Crippen molar-refractivity contribution in [3.05, 3.63) is 0 Å². The molecule has 0 aromatic rings. The third-order valence-electron chi connectivity index (χ3n) is 3.78. The van der Waals surface area contributed by atoms with Gasteiger partial charge in [0, 0.05) is 6.61 Å². The summed E-state index contributed by atoms with van der Waals surface area (Å²) in [5.41, 5.74) is -0.0475. The predicted octanol–water partition coefficient (Wildman–Crippen LogP) is 1.59. The Morgan fingerprint density at radius 2 is 2.00 bits per heavy atom. The number of hydrogen-bond acceptors (Lipinski definition) is 4. The van der Waals surface area contributed by atoms with Gasteiger partial charge in [-0.1, -0.05) is 20.8 Å². The Morgan fingerprint density at radius 1 is 1.40 bits per heavy atom. The first kappa shape index (κ1) is 17.2. The summed E-state index contributed by atoms with van der Waals surface area (Å²) in [7, 11) is 0.575. The Bertz CT molecular complexity index is 365. The zero-order valence-electron chi connectivity index (χ0n) is 13.3. The number of esters is 1. The summed E-state index contributed by atoms with van der Waals surface area (Å²) >= 11 is 0. The molecule has 1 saturated heterocycles. The number of carbonyl (C=O) groups is 2. The summed E-state index contributed by atoms with van der Waals surface area (Å²) in [6.45, 7) is 11.1. The van der Waals surface area contributed by atoms with Crippen molar-refractivity contribution in [3.8, 4) is 0 Å². The summed E-state index contributed by atoms with van der Waals surface area (Å²) in [5.74, 6) is -0.339. The molecule has 0 aliphatic carbocycles. The normalized spacial score (nSPS) is 24.1. The second-order valence-corrected chi connectivity index (χ2v) is 8.72. The zero-order valence-corrected chi connectivity index (χ0v) is 14.3. The molecule has 5 nitrogen and oxygen atoms in total. The van der Waals surface area contributed by atoms with Crippen LogP contribution in [0.25, 0.3) is 0 Å². The molecule has 1 amide bonds. The minimum atomic E-state index is -0.791. The molecular formula is C14H26NO4Si. The highest BCUT2D eigenvalue weighted by molar-refractivity contribution is 6.48. The molecular weight excluding hydrogens is 274 g/mol. The van der Waals surface area contributed by atoms with E-state index < -0.39 is 9.04 Å². The smallest absolute Gasteiger partial charge is 0.307 e. The predicted molar refractivity (Wildman–Crippen MR) is 78.4 cm³/mol. The van der Waals surface area contributed by atoms with E-state index in [1.807, 2.05) is 0 Å². The van der Waals surface area contributed by atoms with E-state index in [2.05, 4.69) is 43.9 Å². The molecule has 1 N–H and O–H groups in total. The molecule has 20 heavy (non-hydrogen) atoms. The monoisotopic (exact) mass is 300 g/mol. The minimum Gasteiger partial charge on any atom is -0.469 e. The molecule has 1 fully saturated rings. The first-order valence-corrected chi connectivity index (χ1v) is 9.37. The van der Waals surface area contributed by atoms with Crippen molar-refractivity contribution in [2.45, 2.75) is 46.3 Å². The lowest BCUT2D eigenvalue weighted by molar-refractivity contribution is -0.149. The van der Waals surface area contributed by atoms with Crippen molar-refractivity contribution in [2.24, 2.45) is 17.3 Å². The quantitative estimate of drug-likeness (QED) is 0.460. The van der Waals surface area contributed by atoms with Gasteiger partial charge in [-0.25, -0.2) is 0 Å². The molecule has 0 unspecified atom stereocenters. The van der Waals surface area contributed by atoms with Crippen LogP contribution in [0.4, 0.5) is 0 Å². The van der Waals surface area contributed by atoms with Gasteiger partial charge in [0.25, 0.3) is 0 Å². The minimum absolute atomic E-state index is 0.0170. The molecule has 0 bridgehead atoms. The zero-order chi connectivity index (χ0) is 15.5. The summed E-state index contributed by atoms with van der Waals surface area (Å²) in [6.07, 6.45) is 0.232. The molecule has 1 aliphatic rings. The van der Waals surface area contributed by atoms with E-state index in [0.717, 1.165) is 0 Å². The van der Waals surface area contributed by atoms with Crippen molar-refractivity contribution in [1.29, 1.82) is 0 Å². The fourth-order valence-electron chi connectivity index (χ4n) is 2.51. The van der Waals surface area contributed by atoms with Gasteiger partial charge in [-0.05, 0) is 24.4 Å². The summed E-state index contributed by atoms with van der Waals surface area (Å²) in [6, 6.07) is -0.132. The van der Waals surface area contributed by atoms with Crippen LogP contribution in [0.1, 0.15) is 27.2 Å². The van der Waals surface area contributed by atoms with Crippen molar-refractivity contribution < 1.29 is 18.8 Å². The summed E-state index contributed by atoms with van der Waals surface area (Å²) in [5, 5.41) is 2.81. The van der Waals surface area contributed by atoms with Gasteiger partial charge in [0.15, 0.2) is 0 Å². The van der Waals surface area contributed by atoms with E-state index in [4.69, 9.17) is 4.43 Å². The third kappa shape index (κ3) is 4.31. The lowest BCUT2D eigenvalue weighted by Crippen LogP contribution is -2.63. The third-order valence-corrected chi connectivity index (χ3v) is 4.52. The summed E-state index contributed by atoms with van der Waals surface area (Å²) < 4.78 is 10.5. The van der Waals surface area contributed by atoms with Crippen molar-refractivity contribution in [2.75, 3.05) is 13.7 Å². The van der Waals surface area contributed by atoms with Crippen LogP contribution >= 0.6 is 0 Å². The second kappa shape index (κ2) is 6.71. The standard InChI is InChI=1S/C14H26NO4Si/c1-14(2,3)9(8-19-20(5)6)12-10(15-13(12)17)7-11(16)18-4/h9-10,12H,7-8H2,1-6H3,(H,15,17)/t9-,10-,12+/m1/s1. The van der Waals surface area contributed by atoms with Crippen LogP contribution in [0, 0.1) is 17.3 Å². The highest BCUT2D eigenvalue weighted by Crippen LogP contribution is 2.38. The molecule has 0 saturated carbocycles. The van der Waals surface area contributed by atoms with Gasteiger partial charge in [-0.3, -0.25) is 9.59 Å². The molecule has 0 spiro atoms. The van der Waals surface area contributed by atoms with E-state index in [1.54, 1.807) is 0 Å². The van der Waals surface area contributed by atoms with Gasteiger partial charge >= 0.3 is 5.97 Å². The van der Waals surface area contributed by atoms with Crippen LogP contribution in [-0.2, 0) is 18.8 Å². The highest BCUT2D eigenvalue weighted by Gasteiger charge is 2.49. The molecule has 6 heteroatoms. The van der Waals surface area contributed by atoms with Crippen LogP contribution in [0.15, 0.2) is 0 Å². The molecule has 1 aliphatic heterocycles. The largest absolute Gasteiger partial charge is 0.469 e. The molecule has 1 radical (unpaired) electrons. The number of amides is 1. The number of β-lactam (4-membered cyclic amide) rings is 1. The van der Waals surface area contributed by atoms with Crippen molar-refractivity contribution in [1.82, 2.24) is 5.32 Å². The lowest BCUT2D eigenvalue weighted by atomic mass is 9.67. The Morgan fingerprint density at radius 3 is 2.40 bits per heavy atom. The van der Waals surface area contributed by atoms with Gasteiger partial charge in [0.2, 0.25) is 14.9 Å². The van der Waals surface area contributed by atoms with Crippen LogP contribution in [-0.4, -0.2) is 40.7 Å². The Labute approximate surface area is 123 Å². The molecule has 115 valence electrons. The topological polar surface area (TPSA) is 64.6 Å². The number of ether oxygens (including phenoxy) is 1. The van der Waals surface area contributed by atoms with E-state index in [9.17, 15) is 9.59 Å². The first-order chi connectivity index (χ1) is 9.16. The van der Waals surface area contributed by atoms with Gasteiger partial charge in [0.05, 0.1) is 25.5 Å². The van der Waals surface area contributed by atoms with E-state index in [0.29, 0.717) is 6.61 Å². The van der Waals surface area contributed by atoms with Crippen molar-refractivity contribution >= 4 is 20.9 Å². The number of rotatable bonds is 6. The van der Waals surface area contributed by atoms with Gasteiger partial charge in [-0.15, -0.1) is 0 Å². The van der Waals surface area contributed by atoms with E-state index in [-0.39, 0.29) is 41.6 Å². The maximum Gasteiger partial charge on any atom is 0.307 e. The number of nitrogens with one attached hydrogen (secondary N) is 1. The van der Waals surface area contributed by atoms with Gasteiger partial charge in [0.1, 0.15) is 0 Å². The SMILES string of the molecule is COC(=O)C[C@H]1NC(=O)[C@H]1[C@@H](CO[Si](C)C)C(C)(C)C. The maximum atomic E-state index is 11.9. The fourth-order valence-corrected chi connectivity index (χ4v) is 3.02. The average Bonchev–Trinajstić information content (AvgIpc) is 2.31. The molecule has 1 rings (SSSR count). The average molecular weight is 300 g/mol. The van der Waals surface area contributed by atoms with Gasteiger partial charge < -0.3 is 14.5 Å². The maximum absolute atomic E-state index is 11.9. The number of carbonyl (C=O) groups excluding carboxylic acids is 2. The van der Waals surface area contributed by atoms with E-state index >= 15 is 0 Å². The van der Waals surface area contributed by atoms with E-state index in [1.165, 1.54) is 7.11 Å². The molecule has 3 atom stereocenters. The Hall–Kier alpha value is -0.883. The second-order valence-electron chi connectivity index (χ2n) is 6.61. The molecule has 0 aromatic carbocycles. The number of methoxy groups -OCH3 is 1. The molecule has 1 heterocycles. The Balaban J connectivity index is 2.77. The van der Waals surface area contributed by atoms with Crippen molar-refractivity contribution in [3.63, 3.8) is 0 Å². The highest BCUT2D eigenvalue weighted by atomic mass is 28.3. The van der Waals surface area contributed by atoms with Crippen LogP contribution in [0.5, 0.6) is 0 Å². The van der Waals surface area contributed by atoms with Gasteiger partial charge in [-0.2, -0.15) is 0 Å². The molecule has 0 aromatic heterocycles. The first-order valence-electron chi connectivity index (χ1n) is 6.97.